The standard InChI is InChI=1S/C14H21NO2/c1-3-11(2)10-14-8-5-9-15(14)13(17)7-4-6-12(14)16/h2-10H2,1H3. The summed E-state index contributed by atoms with van der Waals surface area (Å²) >= 11 is 0. The summed E-state index contributed by atoms with van der Waals surface area (Å²) < 4.78 is 0. The lowest BCUT2D eigenvalue weighted by Crippen LogP contribution is -2.51. The van der Waals surface area contributed by atoms with E-state index in [0.717, 1.165) is 31.4 Å². The van der Waals surface area contributed by atoms with Crippen molar-refractivity contribution >= 4 is 11.7 Å². The monoisotopic (exact) mass is 235 g/mol. The van der Waals surface area contributed by atoms with Gasteiger partial charge in [0.2, 0.25) is 5.91 Å². The number of carbonyl (C=O) groups excluding carboxylic acids is 2. The van der Waals surface area contributed by atoms with Gasteiger partial charge in [0.15, 0.2) is 5.78 Å². The minimum absolute atomic E-state index is 0.164. The molecule has 1 unspecified atom stereocenters. The summed E-state index contributed by atoms with van der Waals surface area (Å²) in [5, 5.41) is 0. The second kappa shape index (κ2) is 4.63. The summed E-state index contributed by atoms with van der Waals surface area (Å²) in [6, 6.07) is 0. The first kappa shape index (κ1) is 12.3. The number of rotatable bonds is 3. The van der Waals surface area contributed by atoms with Crippen LogP contribution in [0.4, 0.5) is 0 Å². The summed E-state index contributed by atoms with van der Waals surface area (Å²) in [5.74, 6) is 0.424. The Hall–Kier alpha value is -1.12. The zero-order valence-electron chi connectivity index (χ0n) is 10.6. The molecule has 2 fully saturated rings. The van der Waals surface area contributed by atoms with Crippen molar-refractivity contribution in [3.63, 3.8) is 0 Å². The van der Waals surface area contributed by atoms with Crippen LogP contribution >= 0.6 is 0 Å². The average molecular weight is 235 g/mol. The Kier molecular flexibility index (Phi) is 3.36. The molecule has 2 rings (SSSR count). The molecule has 17 heavy (non-hydrogen) atoms. The van der Waals surface area contributed by atoms with Crippen LogP contribution in [-0.4, -0.2) is 28.7 Å². The number of amides is 1. The number of nitrogens with zero attached hydrogens (tertiary/aromatic N) is 1. The first-order valence-electron chi connectivity index (χ1n) is 6.60. The van der Waals surface area contributed by atoms with E-state index in [1.807, 2.05) is 4.90 Å². The molecule has 0 aromatic heterocycles. The molecule has 3 heteroatoms. The van der Waals surface area contributed by atoms with Crippen LogP contribution in [0, 0.1) is 0 Å². The Morgan fingerprint density at radius 1 is 1.35 bits per heavy atom. The molecular formula is C14H21NO2. The molecular weight excluding hydrogens is 214 g/mol. The summed E-state index contributed by atoms with van der Waals surface area (Å²) in [7, 11) is 0. The third-order valence-corrected chi connectivity index (χ3v) is 4.15. The lowest BCUT2D eigenvalue weighted by Gasteiger charge is -2.36. The molecule has 0 bridgehead atoms. The van der Waals surface area contributed by atoms with Crippen LogP contribution in [-0.2, 0) is 9.59 Å². The van der Waals surface area contributed by atoms with Crippen LogP contribution in [0.1, 0.15) is 51.9 Å². The lowest BCUT2D eigenvalue weighted by atomic mass is 9.82. The van der Waals surface area contributed by atoms with Crippen LogP contribution in [0.2, 0.25) is 0 Å². The van der Waals surface area contributed by atoms with E-state index < -0.39 is 5.54 Å². The molecule has 0 saturated carbocycles. The van der Waals surface area contributed by atoms with Crippen LogP contribution in [0.25, 0.3) is 0 Å². The zero-order valence-corrected chi connectivity index (χ0v) is 10.6. The van der Waals surface area contributed by atoms with E-state index in [1.54, 1.807) is 0 Å². The summed E-state index contributed by atoms with van der Waals surface area (Å²) in [6.45, 7) is 6.83. The number of carbonyl (C=O) groups is 2. The predicted molar refractivity (Wildman–Crippen MR) is 66.6 cm³/mol. The van der Waals surface area contributed by atoms with Crippen LogP contribution in [0.5, 0.6) is 0 Å². The van der Waals surface area contributed by atoms with Gasteiger partial charge in [-0.25, -0.2) is 0 Å². The predicted octanol–water partition coefficient (Wildman–Crippen LogP) is 2.46. The summed E-state index contributed by atoms with van der Waals surface area (Å²) in [4.78, 5) is 26.3. The number of ketones is 1. The first-order chi connectivity index (χ1) is 8.10. The highest BCUT2D eigenvalue weighted by atomic mass is 16.2. The molecule has 0 aromatic rings. The minimum atomic E-state index is -0.527. The molecule has 2 heterocycles. The van der Waals surface area contributed by atoms with Gasteiger partial charge in [0.1, 0.15) is 5.54 Å². The maximum atomic E-state index is 12.4. The van der Waals surface area contributed by atoms with E-state index in [2.05, 4.69) is 13.5 Å². The van der Waals surface area contributed by atoms with Crippen molar-refractivity contribution in [1.82, 2.24) is 4.90 Å². The molecule has 0 aliphatic carbocycles. The Balaban J connectivity index is 2.32. The number of Topliss-reactive ketones (excluding diaryl/α,β-unsaturated/α-hetero) is 1. The van der Waals surface area contributed by atoms with Gasteiger partial charge in [-0.1, -0.05) is 19.1 Å². The maximum absolute atomic E-state index is 12.4. The van der Waals surface area contributed by atoms with Crippen molar-refractivity contribution in [2.24, 2.45) is 0 Å². The van der Waals surface area contributed by atoms with Gasteiger partial charge in [-0.15, -0.1) is 0 Å². The Labute approximate surface area is 103 Å². The largest absolute Gasteiger partial charge is 0.330 e. The third kappa shape index (κ3) is 2.03. The molecule has 94 valence electrons. The SMILES string of the molecule is C=C(CC)CC12CCCN1C(=O)CCCC2=O. The van der Waals surface area contributed by atoms with Gasteiger partial charge in [0.25, 0.3) is 0 Å². The van der Waals surface area contributed by atoms with E-state index >= 15 is 0 Å². The van der Waals surface area contributed by atoms with Crippen LogP contribution in [0.3, 0.4) is 0 Å². The van der Waals surface area contributed by atoms with Gasteiger partial charge in [-0.05, 0) is 32.1 Å². The smallest absolute Gasteiger partial charge is 0.223 e. The number of hydrogen-bond acceptors (Lipinski definition) is 2. The van der Waals surface area contributed by atoms with E-state index in [1.165, 1.54) is 0 Å². The number of fused-ring (bicyclic) bond motifs is 1. The average Bonchev–Trinajstić information content (AvgIpc) is 2.69. The van der Waals surface area contributed by atoms with E-state index in [0.29, 0.717) is 25.7 Å². The van der Waals surface area contributed by atoms with Crippen LogP contribution < -0.4 is 0 Å². The van der Waals surface area contributed by atoms with Gasteiger partial charge in [0.05, 0.1) is 0 Å². The van der Waals surface area contributed by atoms with Gasteiger partial charge in [-0.2, -0.15) is 0 Å². The summed E-state index contributed by atoms with van der Waals surface area (Å²) in [6.07, 6.45) is 5.15. The molecule has 0 aromatic carbocycles. The van der Waals surface area contributed by atoms with Crippen molar-refractivity contribution in [3.8, 4) is 0 Å². The first-order valence-corrected chi connectivity index (χ1v) is 6.60. The highest BCUT2D eigenvalue weighted by Gasteiger charge is 2.49. The second-order valence-electron chi connectivity index (χ2n) is 5.24. The topological polar surface area (TPSA) is 37.4 Å². The Morgan fingerprint density at radius 3 is 2.82 bits per heavy atom. The fourth-order valence-electron chi connectivity index (χ4n) is 3.12. The van der Waals surface area contributed by atoms with Gasteiger partial charge < -0.3 is 4.90 Å². The zero-order chi connectivity index (χ0) is 12.5. The third-order valence-electron chi connectivity index (χ3n) is 4.15. The van der Waals surface area contributed by atoms with Crippen molar-refractivity contribution in [2.45, 2.75) is 57.4 Å². The van der Waals surface area contributed by atoms with E-state index in [9.17, 15) is 9.59 Å². The van der Waals surface area contributed by atoms with Gasteiger partial charge in [0, 0.05) is 19.4 Å². The van der Waals surface area contributed by atoms with Gasteiger partial charge in [-0.3, -0.25) is 9.59 Å². The highest BCUT2D eigenvalue weighted by molar-refractivity contribution is 5.95. The van der Waals surface area contributed by atoms with Crippen molar-refractivity contribution < 1.29 is 9.59 Å². The van der Waals surface area contributed by atoms with Crippen LogP contribution in [0.15, 0.2) is 12.2 Å². The van der Waals surface area contributed by atoms with Crippen molar-refractivity contribution in [2.75, 3.05) is 6.54 Å². The Bertz CT molecular complexity index is 361. The molecule has 0 radical (unpaired) electrons. The molecule has 2 aliphatic heterocycles. The lowest BCUT2D eigenvalue weighted by molar-refractivity contribution is -0.141. The normalized spacial score (nSPS) is 29.1. The second-order valence-corrected chi connectivity index (χ2v) is 5.24. The highest BCUT2D eigenvalue weighted by Crippen LogP contribution is 2.39. The van der Waals surface area contributed by atoms with Gasteiger partial charge >= 0.3 is 0 Å². The fourth-order valence-corrected chi connectivity index (χ4v) is 3.12. The minimum Gasteiger partial charge on any atom is -0.330 e. The van der Waals surface area contributed by atoms with E-state index in [-0.39, 0.29) is 11.7 Å². The quantitative estimate of drug-likeness (QED) is 0.705. The molecule has 0 spiro atoms. The fraction of sp³-hybridized carbons (Fsp3) is 0.714. The molecule has 2 aliphatic rings. The summed E-state index contributed by atoms with van der Waals surface area (Å²) in [5.41, 5.74) is 0.556. The molecule has 1 atom stereocenters. The molecule has 3 nitrogen and oxygen atoms in total. The van der Waals surface area contributed by atoms with Crippen molar-refractivity contribution in [1.29, 1.82) is 0 Å². The molecule has 2 saturated heterocycles. The molecule has 1 amide bonds. The maximum Gasteiger partial charge on any atom is 0.223 e. The molecule has 0 N–H and O–H groups in total. The Morgan fingerprint density at radius 2 is 2.12 bits per heavy atom. The number of hydrogen-bond donors (Lipinski definition) is 0. The van der Waals surface area contributed by atoms with E-state index in [4.69, 9.17) is 0 Å². The van der Waals surface area contributed by atoms with Crippen molar-refractivity contribution in [3.05, 3.63) is 12.2 Å².